The zero-order valence-electron chi connectivity index (χ0n) is 9.47. The summed E-state index contributed by atoms with van der Waals surface area (Å²) in [4.78, 5) is 0. The minimum absolute atomic E-state index is 0.768. The van der Waals surface area contributed by atoms with Crippen LogP contribution in [0, 0.1) is 0 Å². The van der Waals surface area contributed by atoms with E-state index < -0.39 is 0 Å². The predicted molar refractivity (Wildman–Crippen MR) is 76.9 cm³/mol. The summed E-state index contributed by atoms with van der Waals surface area (Å²) in [6.07, 6.45) is 0. The monoisotopic (exact) mass is 357 g/mol. The van der Waals surface area contributed by atoms with Crippen LogP contribution in [0.4, 0.5) is 0 Å². The van der Waals surface area contributed by atoms with E-state index in [1.165, 1.54) is 0 Å². The number of hydrogen-bond acceptors (Lipinski definition) is 2. The minimum atomic E-state index is 0.768. The van der Waals surface area contributed by atoms with E-state index in [0.717, 1.165) is 39.1 Å². The molecule has 1 N–H and O–H groups in total. The zero-order chi connectivity index (χ0) is 12.3. The molecule has 17 heavy (non-hydrogen) atoms. The summed E-state index contributed by atoms with van der Waals surface area (Å²) in [5, 5.41) is 3.24. The minimum Gasteiger partial charge on any atom is -0.460 e. The van der Waals surface area contributed by atoms with Crippen LogP contribution in [0.1, 0.15) is 12.7 Å². The van der Waals surface area contributed by atoms with Crippen LogP contribution in [-0.2, 0) is 6.54 Å². The topological polar surface area (TPSA) is 25.2 Å². The van der Waals surface area contributed by atoms with Crippen molar-refractivity contribution in [1.82, 2.24) is 5.32 Å². The number of hydrogen-bond donors (Lipinski definition) is 1. The molecule has 2 nitrogen and oxygen atoms in total. The van der Waals surface area contributed by atoms with Crippen LogP contribution in [0.3, 0.4) is 0 Å². The van der Waals surface area contributed by atoms with Crippen molar-refractivity contribution in [3.63, 3.8) is 0 Å². The van der Waals surface area contributed by atoms with Gasteiger partial charge in [0.05, 0.1) is 6.54 Å². The number of rotatable bonds is 4. The highest BCUT2D eigenvalue weighted by molar-refractivity contribution is 9.11. The summed E-state index contributed by atoms with van der Waals surface area (Å²) in [5.41, 5.74) is 1.07. The van der Waals surface area contributed by atoms with Gasteiger partial charge in [0.2, 0.25) is 0 Å². The SMILES string of the molecule is CCNCc1ccc(-c2ccc(Br)cc2Br)o1. The van der Waals surface area contributed by atoms with Gasteiger partial charge in [-0.05, 0) is 52.8 Å². The molecule has 2 rings (SSSR count). The zero-order valence-corrected chi connectivity index (χ0v) is 12.6. The molecule has 0 aliphatic carbocycles. The van der Waals surface area contributed by atoms with Gasteiger partial charge in [0.25, 0.3) is 0 Å². The summed E-state index contributed by atoms with van der Waals surface area (Å²) < 4.78 is 7.86. The van der Waals surface area contributed by atoms with Gasteiger partial charge in [0.15, 0.2) is 0 Å². The Balaban J connectivity index is 2.24. The fourth-order valence-electron chi connectivity index (χ4n) is 1.56. The van der Waals surface area contributed by atoms with Crippen LogP contribution in [0.5, 0.6) is 0 Å². The Morgan fingerprint density at radius 2 is 2.00 bits per heavy atom. The van der Waals surface area contributed by atoms with E-state index in [4.69, 9.17) is 4.42 Å². The molecular weight excluding hydrogens is 346 g/mol. The van der Waals surface area contributed by atoms with Crippen LogP contribution in [0.15, 0.2) is 43.7 Å². The highest BCUT2D eigenvalue weighted by Crippen LogP contribution is 2.31. The van der Waals surface area contributed by atoms with E-state index in [2.05, 4.69) is 44.1 Å². The summed E-state index contributed by atoms with van der Waals surface area (Å²) in [5.74, 6) is 1.84. The van der Waals surface area contributed by atoms with Gasteiger partial charge < -0.3 is 9.73 Å². The predicted octanol–water partition coefficient (Wildman–Crippen LogP) is 4.58. The molecule has 0 unspecified atom stereocenters. The highest BCUT2D eigenvalue weighted by atomic mass is 79.9. The van der Waals surface area contributed by atoms with Gasteiger partial charge in [-0.15, -0.1) is 0 Å². The second kappa shape index (κ2) is 5.85. The van der Waals surface area contributed by atoms with Gasteiger partial charge >= 0.3 is 0 Å². The normalized spacial score (nSPS) is 10.8. The molecule has 1 aromatic carbocycles. The van der Waals surface area contributed by atoms with E-state index in [1.54, 1.807) is 0 Å². The van der Waals surface area contributed by atoms with E-state index in [1.807, 2.05) is 30.3 Å². The Morgan fingerprint density at radius 3 is 2.71 bits per heavy atom. The van der Waals surface area contributed by atoms with Crippen molar-refractivity contribution in [2.24, 2.45) is 0 Å². The van der Waals surface area contributed by atoms with E-state index in [-0.39, 0.29) is 0 Å². The molecule has 0 fully saturated rings. The Kier molecular flexibility index (Phi) is 4.42. The van der Waals surface area contributed by atoms with Gasteiger partial charge in [0, 0.05) is 14.5 Å². The van der Waals surface area contributed by atoms with Crippen molar-refractivity contribution < 1.29 is 4.42 Å². The van der Waals surface area contributed by atoms with Crippen molar-refractivity contribution in [3.8, 4) is 11.3 Å². The molecule has 0 amide bonds. The van der Waals surface area contributed by atoms with Crippen LogP contribution in [-0.4, -0.2) is 6.54 Å². The first-order valence-corrected chi connectivity index (χ1v) is 7.04. The van der Waals surface area contributed by atoms with Crippen LogP contribution >= 0.6 is 31.9 Å². The Bertz CT molecular complexity index is 508. The lowest BCUT2D eigenvalue weighted by molar-refractivity contribution is 0.498. The van der Waals surface area contributed by atoms with Crippen molar-refractivity contribution in [2.45, 2.75) is 13.5 Å². The standard InChI is InChI=1S/C13H13Br2NO/c1-2-16-8-10-4-6-13(17-10)11-5-3-9(14)7-12(11)15/h3-7,16H,2,8H2,1H3. The first-order chi connectivity index (χ1) is 8.20. The third-order valence-corrected chi connectivity index (χ3v) is 3.56. The lowest BCUT2D eigenvalue weighted by atomic mass is 10.2. The molecule has 0 spiro atoms. The first-order valence-electron chi connectivity index (χ1n) is 5.45. The molecule has 0 saturated heterocycles. The third-order valence-electron chi connectivity index (χ3n) is 2.41. The molecule has 1 aromatic heterocycles. The van der Waals surface area contributed by atoms with E-state index in [9.17, 15) is 0 Å². The molecule has 0 aliphatic rings. The quantitative estimate of drug-likeness (QED) is 0.865. The molecule has 0 aliphatic heterocycles. The molecule has 0 saturated carbocycles. The van der Waals surface area contributed by atoms with Gasteiger partial charge in [-0.25, -0.2) is 0 Å². The number of benzene rings is 1. The second-order valence-corrected chi connectivity index (χ2v) is 5.44. The average Bonchev–Trinajstić information content (AvgIpc) is 2.75. The van der Waals surface area contributed by atoms with E-state index in [0.29, 0.717) is 0 Å². The molecule has 2 aromatic rings. The fourth-order valence-corrected chi connectivity index (χ4v) is 2.80. The number of halogens is 2. The summed E-state index contributed by atoms with van der Waals surface area (Å²) in [6, 6.07) is 10.1. The molecular formula is C13H13Br2NO. The van der Waals surface area contributed by atoms with E-state index >= 15 is 0 Å². The van der Waals surface area contributed by atoms with Crippen LogP contribution in [0.2, 0.25) is 0 Å². The summed E-state index contributed by atoms with van der Waals surface area (Å²) >= 11 is 6.98. The average molecular weight is 359 g/mol. The summed E-state index contributed by atoms with van der Waals surface area (Å²) in [7, 11) is 0. The fraction of sp³-hybridized carbons (Fsp3) is 0.231. The lowest BCUT2D eigenvalue weighted by Crippen LogP contribution is -2.10. The smallest absolute Gasteiger partial charge is 0.135 e. The van der Waals surface area contributed by atoms with Crippen molar-refractivity contribution in [3.05, 3.63) is 45.0 Å². The highest BCUT2D eigenvalue weighted by Gasteiger charge is 2.08. The largest absolute Gasteiger partial charge is 0.460 e. The van der Waals surface area contributed by atoms with Crippen LogP contribution < -0.4 is 5.32 Å². The molecule has 90 valence electrons. The molecule has 0 atom stereocenters. The molecule has 4 heteroatoms. The van der Waals surface area contributed by atoms with Crippen molar-refractivity contribution in [2.75, 3.05) is 6.54 Å². The Labute approximate surface area is 118 Å². The van der Waals surface area contributed by atoms with Crippen molar-refractivity contribution in [1.29, 1.82) is 0 Å². The Morgan fingerprint density at radius 1 is 1.18 bits per heavy atom. The Hall–Kier alpha value is -0.580. The van der Waals surface area contributed by atoms with Crippen molar-refractivity contribution >= 4 is 31.9 Å². The molecule has 0 radical (unpaired) electrons. The maximum Gasteiger partial charge on any atom is 0.135 e. The second-order valence-electron chi connectivity index (χ2n) is 3.67. The lowest BCUT2D eigenvalue weighted by Gasteiger charge is -2.02. The molecule has 0 bridgehead atoms. The van der Waals surface area contributed by atoms with Gasteiger partial charge in [-0.2, -0.15) is 0 Å². The number of furan rings is 1. The first kappa shape index (κ1) is 12.9. The maximum absolute atomic E-state index is 5.78. The van der Waals surface area contributed by atoms with Crippen LogP contribution in [0.25, 0.3) is 11.3 Å². The summed E-state index contributed by atoms with van der Waals surface area (Å²) in [6.45, 7) is 3.79. The maximum atomic E-state index is 5.78. The third kappa shape index (κ3) is 3.21. The molecule has 1 heterocycles. The number of nitrogens with one attached hydrogen (secondary N) is 1. The van der Waals surface area contributed by atoms with Gasteiger partial charge in [0.1, 0.15) is 11.5 Å². The van der Waals surface area contributed by atoms with Gasteiger partial charge in [-0.1, -0.05) is 22.9 Å². The van der Waals surface area contributed by atoms with Gasteiger partial charge in [-0.3, -0.25) is 0 Å².